The molecule has 1 aromatic carbocycles. The van der Waals surface area contributed by atoms with Gasteiger partial charge in [-0.15, -0.1) is 0 Å². The highest BCUT2D eigenvalue weighted by Crippen LogP contribution is 2.01. The van der Waals surface area contributed by atoms with E-state index in [0.717, 1.165) is 12.8 Å². The number of hydroxylamine groups is 1. The predicted octanol–water partition coefficient (Wildman–Crippen LogP) is 1.02. The normalized spacial score (nSPS) is 11.7. The van der Waals surface area contributed by atoms with Crippen LogP contribution in [0.4, 0.5) is 0 Å². The van der Waals surface area contributed by atoms with Crippen LogP contribution in [0.25, 0.3) is 0 Å². The molecule has 0 aliphatic carbocycles. The summed E-state index contributed by atoms with van der Waals surface area (Å²) >= 11 is 0. The molecule has 0 bridgehead atoms. The van der Waals surface area contributed by atoms with Gasteiger partial charge in [0.15, 0.2) is 0 Å². The average Bonchev–Trinajstić information content (AvgIpc) is 2.50. The van der Waals surface area contributed by atoms with Crippen molar-refractivity contribution in [3.05, 3.63) is 35.9 Å². The number of rotatable bonds is 8. The van der Waals surface area contributed by atoms with Crippen LogP contribution in [0.3, 0.4) is 0 Å². The fraction of sp³-hybridized carbons (Fsp3) is 0.429. The van der Waals surface area contributed by atoms with Gasteiger partial charge in [-0.05, 0) is 31.4 Å². The van der Waals surface area contributed by atoms with Crippen molar-refractivity contribution in [2.24, 2.45) is 5.73 Å². The van der Waals surface area contributed by atoms with Gasteiger partial charge in [-0.3, -0.25) is 4.79 Å². The highest BCUT2D eigenvalue weighted by atomic mass is 16.7. The van der Waals surface area contributed by atoms with Gasteiger partial charge in [0.2, 0.25) is 0 Å². The van der Waals surface area contributed by atoms with Crippen molar-refractivity contribution in [2.75, 3.05) is 13.7 Å². The van der Waals surface area contributed by atoms with Crippen LogP contribution < -0.4 is 11.2 Å². The number of carbonyl (C=O) groups excluding carboxylic acids is 2. The van der Waals surface area contributed by atoms with Crippen molar-refractivity contribution in [1.29, 1.82) is 0 Å². The molecule has 0 aromatic heterocycles. The van der Waals surface area contributed by atoms with Crippen LogP contribution in [0, 0.1) is 0 Å². The minimum Gasteiger partial charge on any atom is -0.468 e. The molecule has 6 heteroatoms. The van der Waals surface area contributed by atoms with Crippen molar-refractivity contribution in [2.45, 2.75) is 25.3 Å². The highest BCUT2D eigenvalue weighted by Gasteiger charge is 2.12. The zero-order valence-electron chi connectivity index (χ0n) is 11.5. The number of unbranched alkanes of at least 4 members (excludes halogenated alkanes) is 1. The maximum absolute atomic E-state index is 11.5. The zero-order valence-corrected chi connectivity index (χ0v) is 11.5. The molecule has 1 atom stereocenters. The molecule has 110 valence electrons. The van der Waals surface area contributed by atoms with E-state index in [9.17, 15) is 9.59 Å². The van der Waals surface area contributed by atoms with E-state index in [2.05, 4.69) is 10.2 Å². The Balaban J connectivity index is 2.08. The van der Waals surface area contributed by atoms with E-state index in [1.165, 1.54) is 7.11 Å². The van der Waals surface area contributed by atoms with Gasteiger partial charge in [0.05, 0.1) is 12.7 Å². The Bertz CT molecular complexity index is 422. The number of nitrogens with two attached hydrogens (primary N) is 1. The SMILES string of the molecule is COC(=O)[C@@H](N)CCCCNOC(=O)c1ccccc1. The number of nitrogens with one attached hydrogen (secondary N) is 1. The molecule has 0 fully saturated rings. The van der Waals surface area contributed by atoms with Crippen LogP contribution in [0.5, 0.6) is 0 Å². The fourth-order valence-corrected chi connectivity index (χ4v) is 1.58. The summed E-state index contributed by atoms with van der Waals surface area (Å²) in [5.74, 6) is -0.828. The first kappa shape index (κ1) is 16.1. The molecule has 1 rings (SSSR count). The van der Waals surface area contributed by atoms with Crippen molar-refractivity contribution in [3.63, 3.8) is 0 Å². The van der Waals surface area contributed by atoms with Crippen LogP contribution in [0.2, 0.25) is 0 Å². The van der Waals surface area contributed by atoms with Crippen LogP contribution in [0.1, 0.15) is 29.6 Å². The smallest absolute Gasteiger partial charge is 0.356 e. The molecule has 0 saturated carbocycles. The first-order valence-electron chi connectivity index (χ1n) is 6.47. The third kappa shape index (κ3) is 5.81. The van der Waals surface area contributed by atoms with Gasteiger partial charge in [0.25, 0.3) is 0 Å². The summed E-state index contributed by atoms with van der Waals surface area (Å²) in [7, 11) is 1.31. The van der Waals surface area contributed by atoms with Crippen molar-refractivity contribution >= 4 is 11.9 Å². The summed E-state index contributed by atoms with van der Waals surface area (Å²) < 4.78 is 4.52. The first-order valence-corrected chi connectivity index (χ1v) is 6.47. The predicted molar refractivity (Wildman–Crippen MR) is 73.7 cm³/mol. The average molecular weight is 280 g/mol. The van der Waals surface area contributed by atoms with Crippen molar-refractivity contribution in [3.8, 4) is 0 Å². The number of methoxy groups -OCH3 is 1. The van der Waals surface area contributed by atoms with Crippen LogP contribution in [-0.2, 0) is 14.4 Å². The summed E-state index contributed by atoms with van der Waals surface area (Å²) in [6.07, 6.45) is 2.03. The van der Waals surface area contributed by atoms with Crippen LogP contribution in [-0.4, -0.2) is 31.6 Å². The molecule has 0 spiro atoms. The molecule has 0 heterocycles. The number of hydrogen-bond acceptors (Lipinski definition) is 6. The maximum Gasteiger partial charge on any atom is 0.356 e. The number of esters is 1. The molecule has 20 heavy (non-hydrogen) atoms. The second-order valence-electron chi connectivity index (χ2n) is 4.28. The molecular weight excluding hydrogens is 260 g/mol. The van der Waals surface area contributed by atoms with Crippen molar-refractivity contribution in [1.82, 2.24) is 5.48 Å². The van der Waals surface area contributed by atoms with E-state index in [4.69, 9.17) is 10.6 Å². The first-order chi connectivity index (χ1) is 9.65. The second-order valence-corrected chi connectivity index (χ2v) is 4.28. The van der Waals surface area contributed by atoms with E-state index in [-0.39, 0.29) is 0 Å². The summed E-state index contributed by atoms with van der Waals surface area (Å²) in [6, 6.07) is 8.13. The number of benzene rings is 1. The van der Waals surface area contributed by atoms with Gasteiger partial charge in [-0.1, -0.05) is 18.2 Å². The lowest BCUT2D eigenvalue weighted by atomic mass is 10.1. The Morgan fingerprint density at radius 3 is 2.60 bits per heavy atom. The van der Waals surface area contributed by atoms with E-state index in [1.54, 1.807) is 24.3 Å². The van der Waals surface area contributed by atoms with Gasteiger partial charge in [0, 0.05) is 6.54 Å². The van der Waals surface area contributed by atoms with Gasteiger partial charge in [0.1, 0.15) is 6.04 Å². The van der Waals surface area contributed by atoms with E-state index >= 15 is 0 Å². The lowest BCUT2D eigenvalue weighted by Gasteiger charge is -2.09. The lowest BCUT2D eigenvalue weighted by Crippen LogP contribution is -2.31. The Morgan fingerprint density at radius 2 is 1.95 bits per heavy atom. The molecule has 0 unspecified atom stereocenters. The topological polar surface area (TPSA) is 90.7 Å². The Hall–Kier alpha value is -1.92. The minimum atomic E-state index is -0.591. The Labute approximate surface area is 118 Å². The molecule has 6 nitrogen and oxygen atoms in total. The largest absolute Gasteiger partial charge is 0.468 e. The molecule has 1 aromatic rings. The number of ether oxygens (including phenoxy) is 1. The minimum absolute atomic E-state index is 0.409. The van der Waals surface area contributed by atoms with Gasteiger partial charge < -0.3 is 15.3 Å². The maximum atomic E-state index is 11.5. The van der Waals surface area contributed by atoms with Gasteiger partial charge >= 0.3 is 11.9 Å². The quantitative estimate of drug-likeness (QED) is 0.420. The van der Waals surface area contributed by atoms with Gasteiger partial charge in [-0.2, -0.15) is 5.48 Å². The molecular formula is C14H20N2O4. The highest BCUT2D eigenvalue weighted by molar-refractivity contribution is 5.89. The van der Waals surface area contributed by atoms with Crippen molar-refractivity contribution < 1.29 is 19.2 Å². The Kier molecular flexibility index (Phi) is 7.31. The van der Waals surface area contributed by atoms with Crippen LogP contribution in [0.15, 0.2) is 30.3 Å². The third-order valence-electron chi connectivity index (χ3n) is 2.72. The molecule has 0 saturated heterocycles. The third-order valence-corrected chi connectivity index (χ3v) is 2.72. The summed E-state index contributed by atoms with van der Waals surface area (Å²) in [4.78, 5) is 27.5. The molecule has 0 aliphatic rings. The van der Waals surface area contributed by atoms with E-state index in [0.29, 0.717) is 18.5 Å². The fourth-order valence-electron chi connectivity index (χ4n) is 1.58. The summed E-state index contributed by atoms with van der Waals surface area (Å²) in [5, 5.41) is 0. The molecule has 0 radical (unpaired) electrons. The molecule has 0 amide bonds. The van der Waals surface area contributed by atoms with Gasteiger partial charge in [-0.25, -0.2) is 4.79 Å². The molecule has 0 aliphatic heterocycles. The summed E-state index contributed by atoms with van der Waals surface area (Å²) in [5.41, 5.74) is 8.67. The Morgan fingerprint density at radius 1 is 1.25 bits per heavy atom. The monoisotopic (exact) mass is 280 g/mol. The van der Waals surface area contributed by atoms with Crippen LogP contribution >= 0.6 is 0 Å². The number of hydrogen-bond donors (Lipinski definition) is 2. The van der Waals surface area contributed by atoms with E-state index in [1.807, 2.05) is 6.07 Å². The second kappa shape index (κ2) is 9.06. The standard InChI is InChI=1S/C14H20N2O4/c1-19-14(18)12(15)9-5-6-10-16-20-13(17)11-7-3-2-4-8-11/h2-4,7-8,12,16H,5-6,9-10,15H2,1H3/t12-/m0/s1. The lowest BCUT2D eigenvalue weighted by molar-refractivity contribution is -0.142. The summed E-state index contributed by atoms with van der Waals surface area (Å²) in [6.45, 7) is 0.506. The molecule has 3 N–H and O–H groups in total. The van der Waals surface area contributed by atoms with E-state index < -0.39 is 18.0 Å². The number of carbonyl (C=O) groups is 2. The zero-order chi connectivity index (χ0) is 14.8.